The molecule has 3 rings (SSSR count). The van der Waals surface area contributed by atoms with Gasteiger partial charge < -0.3 is 15.8 Å². The maximum absolute atomic E-state index is 13.1. The maximum atomic E-state index is 13.1. The van der Waals surface area contributed by atoms with Gasteiger partial charge in [0.1, 0.15) is 11.6 Å². The SMILES string of the molecule is Cc1cc(N)nc(C[C@@H]2CNC[C@@H]2OCCCC=Cc2cccc(F)c2)c1. The first-order chi connectivity index (χ1) is 13.1. The highest BCUT2D eigenvalue weighted by Crippen LogP contribution is 2.19. The van der Waals surface area contributed by atoms with Gasteiger partial charge >= 0.3 is 0 Å². The molecule has 1 fully saturated rings. The third-order valence-electron chi connectivity index (χ3n) is 4.80. The molecule has 0 aliphatic carbocycles. The number of hydrogen-bond donors (Lipinski definition) is 2. The lowest BCUT2D eigenvalue weighted by atomic mass is 9.99. The molecular weight excluding hydrogens is 341 g/mol. The number of halogens is 1. The molecule has 1 aromatic carbocycles. The molecule has 27 heavy (non-hydrogen) atoms. The minimum Gasteiger partial charge on any atom is -0.384 e. The largest absolute Gasteiger partial charge is 0.384 e. The Balaban J connectivity index is 1.41. The number of nitrogens with two attached hydrogens (primary N) is 1. The van der Waals surface area contributed by atoms with Crippen LogP contribution in [-0.2, 0) is 11.2 Å². The Morgan fingerprint density at radius 1 is 1.30 bits per heavy atom. The smallest absolute Gasteiger partial charge is 0.123 e. The van der Waals surface area contributed by atoms with E-state index in [1.807, 2.05) is 25.1 Å². The summed E-state index contributed by atoms with van der Waals surface area (Å²) in [4.78, 5) is 4.45. The summed E-state index contributed by atoms with van der Waals surface area (Å²) in [5, 5.41) is 3.42. The summed E-state index contributed by atoms with van der Waals surface area (Å²) in [5.41, 5.74) is 8.93. The standard InChI is InChI=1S/C22H28FN3O/c1-16-10-20(26-22(24)11-16)13-18-14-25-15-21(18)27-9-4-2-3-6-17-7-5-8-19(23)12-17/h3,5-8,10-12,18,21,25H,2,4,9,13-15H2,1H3,(H2,24,26)/t18-,21+/m1/s1. The monoisotopic (exact) mass is 369 g/mol. The van der Waals surface area contributed by atoms with Crippen molar-refractivity contribution in [1.82, 2.24) is 10.3 Å². The molecule has 1 aromatic heterocycles. The highest BCUT2D eigenvalue weighted by Gasteiger charge is 2.28. The van der Waals surface area contributed by atoms with Crippen molar-refractivity contribution >= 4 is 11.9 Å². The van der Waals surface area contributed by atoms with Crippen LogP contribution in [0.2, 0.25) is 0 Å². The van der Waals surface area contributed by atoms with Crippen molar-refractivity contribution in [1.29, 1.82) is 0 Å². The Labute approximate surface area is 160 Å². The molecule has 2 heterocycles. The Morgan fingerprint density at radius 2 is 2.19 bits per heavy atom. The zero-order chi connectivity index (χ0) is 19.1. The number of ether oxygens (including phenoxy) is 1. The van der Waals surface area contributed by atoms with E-state index < -0.39 is 0 Å². The third kappa shape index (κ3) is 6.15. The van der Waals surface area contributed by atoms with E-state index in [0.717, 1.165) is 55.8 Å². The minimum atomic E-state index is -0.204. The molecule has 1 saturated heterocycles. The van der Waals surface area contributed by atoms with E-state index in [2.05, 4.69) is 22.4 Å². The summed E-state index contributed by atoms with van der Waals surface area (Å²) >= 11 is 0. The van der Waals surface area contributed by atoms with E-state index in [9.17, 15) is 4.39 Å². The van der Waals surface area contributed by atoms with Crippen molar-refractivity contribution in [2.45, 2.75) is 32.3 Å². The molecule has 2 atom stereocenters. The number of aromatic nitrogens is 1. The number of pyridine rings is 1. The van der Waals surface area contributed by atoms with Crippen LogP contribution in [0.25, 0.3) is 6.08 Å². The van der Waals surface area contributed by atoms with E-state index in [1.165, 1.54) is 12.1 Å². The minimum absolute atomic E-state index is 0.204. The van der Waals surface area contributed by atoms with Crippen molar-refractivity contribution in [2.75, 3.05) is 25.4 Å². The molecule has 0 radical (unpaired) electrons. The van der Waals surface area contributed by atoms with Crippen LogP contribution in [0.3, 0.4) is 0 Å². The molecule has 0 saturated carbocycles. The van der Waals surface area contributed by atoms with Crippen LogP contribution < -0.4 is 11.1 Å². The number of rotatable bonds is 8. The Bertz CT molecular complexity index is 758. The van der Waals surface area contributed by atoms with Crippen molar-refractivity contribution in [3.05, 3.63) is 65.1 Å². The van der Waals surface area contributed by atoms with E-state index >= 15 is 0 Å². The maximum Gasteiger partial charge on any atom is 0.123 e. The fraction of sp³-hybridized carbons (Fsp3) is 0.409. The van der Waals surface area contributed by atoms with E-state index in [4.69, 9.17) is 10.5 Å². The van der Waals surface area contributed by atoms with Gasteiger partial charge in [0.25, 0.3) is 0 Å². The first-order valence-electron chi connectivity index (χ1n) is 9.57. The highest BCUT2D eigenvalue weighted by molar-refractivity contribution is 5.48. The molecule has 4 nitrogen and oxygen atoms in total. The zero-order valence-electron chi connectivity index (χ0n) is 15.8. The second kappa shape index (κ2) is 9.62. The lowest BCUT2D eigenvalue weighted by Gasteiger charge is -2.19. The van der Waals surface area contributed by atoms with Crippen LogP contribution in [0.1, 0.15) is 29.7 Å². The van der Waals surface area contributed by atoms with Crippen LogP contribution in [0.15, 0.2) is 42.5 Å². The molecule has 5 heteroatoms. The Hall–Kier alpha value is -2.24. The van der Waals surface area contributed by atoms with Gasteiger partial charge in [-0.25, -0.2) is 9.37 Å². The number of hydrogen-bond acceptors (Lipinski definition) is 4. The van der Waals surface area contributed by atoms with E-state index in [-0.39, 0.29) is 11.9 Å². The van der Waals surface area contributed by atoms with Gasteiger partial charge in [0.15, 0.2) is 0 Å². The number of nitrogen functional groups attached to an aromatic ring is 1. The van der Waals surface area contributed by atoms with Gasteiger partial charge in [-0.15, -0.1) is 0 Å². The summed E-state index contributed by atoms with van der Waals surface area (Å²) in [7, 11) is 0. The van der Waals surface area contributed by atoms with Crippen LogP contribution in [0, 0.1) is 18.7 Å². The normalized spacial score (nSPS) is 19.8. The predicted octanol–water partition coefficient (Wildman–Crippen LogP) is 3.75. The summed E-state index contributed by atoms with van der Waals surface area (Å²) in [6.07, 6.45) is 6.98. The molecule has 0 amide bonds. The first-order valence-corrected chi connectivity index (χ1v) is 9.57. The first kappa shape index (κ1) is 19.5. The van der Waals surface area contributed by atoms with Crippen LogP contribution in [0.4, 0.5) is 10.2 Å². The molecule has 2 aromatic rings. The summed E-state index contributed by atoms with van der Waals surface area (Å²) in [6, 6.07) is 10.6. The van der Waals surface area contributed by atoms with Crippen molar-refractivity contribution in [2.24, 2.45) is 5.92 Å². The molecule has 0 unspecified atom stereocenters. The average molecular weight is 369 g/mol. The molecule has 144 valence electrons. The lowest BCUT2D eigenvalue weighted by Crippen LogP contribution is -2.25. The zero-order valence-corrected chi connectivity index (χ0v) is 15.8. The third-order valence-corrected chi connectivity index (χ3v) is 4.80. The summed E-state index contributed by atoms with van der Waals surface area (Å²) < 4.78 is 19.2. The number of benzene rings is 1. The van der Waals surface area contributed by atoms with Gasteiger partial charge in [-0.05, 0) is 61.6 Å². The van der Waals surface area contributed by atoms with Gasteiger partial charge in [-0.3, -0.25) is 0 Å². The van der Waals surface area contributed by atoms with Gasteiger partial charge in [0.2, 0.25) is 0 Å². The van der Waals surface area contributed by atoms with Crippen molar-refractivity contribution in [3.63, 3.8) is 0 Å². The molecular formula is C22H28FN3O. The average Bonchev–Trinajstić information content (AvgIpc) is 3.04. The van der Waals surface area contributed by atoms with Crippen molar-refractivity contribution < 1.29 is 9.13 Å². The van der Waals surface area contributed by atoms with Crippen molar-refractivity contribution in [3.8, 4) is 0 Å². The summed E-state index contributed by atoms with van der Waals surface area (Å²) in [6.45, 7) is 4.59. The molecule has 0 bridgehead atoms. The van der Waals surface area contributed by atoms with E-state index in [0.29, 0.717) is 11.7 Å². The fourth-order valence-corrected chi connectivity index (χ4v) is 3.51. The number of anilines is 1. The molecule has 3 N–H and O–H groups in total. The number of aryl methyl sites for hydroxylation is 1. The van der Waals surface area contributed by atoms with Gasteiger partial charge in [0, 0.05) is 31.3 Å². The Kier molecular flexibility index (Phi) is 6.96. The number of nitrogens with zero attached hydrogens (tertiary/aromatic N) is 1. The molecule has 1 aliphatic heterocycles. The fourth-order valence-electron chi connectivity index (χ4n) is 3.51. The Morgan fingerprint density at radius 3 is 3.00 bits per heavy atom. The molecule has 0 spiro atoms. The number of nitrogens with one attached hydrogen (secondary N) is 1. The number of unbranched alkanes of at least 4 members (excludes halogenated alkanes) is 1. The lowest BCUT2D eigenvalue weighted by molar-refractivity contribution is 0.0367. The number of allylic oxidation sites excluding steroid dienone is 1. The summed E-state index contributed by atoms with van der Waals surface area (Å²) in [5.74, 6) is 0.796. The topological polar surface area (TPSA) is 60.2 Å². The van der Waals surface area contributed by atoms with Crippen LogP contribution in [0.5, 0.6) is 0 Å². The second-order valence-electron chi connectivity index (χ2n) is 7.19. The van der Waals surface area contributed by atoms with E-state index in [1.54, 1.807) is 6.07 Å². The van der Waals surface area contributed by atoms with Gasteiger partial charge in [-0.2, -0.15) is 0 Å². The van der Waals surface area contributed by atoms with Crippen LogP contribution in [-0.4, -0.2) is 30.8 Å². The second-order valence-corrected chi connectivity index (χ2v) is 7.19. The van der Waals surface area contributed by atoms with Crippen LogP contribution >= 0.6 is 0 Å². The van der Waals surface area contributed by atoms with Gasteiger partial charge in [-0.1, -0.05) is 24.3 Å². The predicted molar refractivity (Wildman–Crippen MR) is 108 cm³/mol. The van der Waals surface area contributed by atoms with Gasteiger partial charge in [0.05, 0.1) is 6.10 Å². The quantitative estimate of drug-likeness (QED) is 0.696. The highest BCUT2D eigenvalue weighted by atomic mass is 19.1. The molecule has 1 aliphatic rings.